The van der Waals surface area contributed by atoms with Gasteiger partial charge in [0.25, 0.3) is 12.3 Å². The van der Waals surface area contributed by atoms with Crippen molar-refractivity contribution in [1.82, 2.24) is 25.8 Å². The third-order valence-electron chi connectivity index (χ3n) is 4.44. The Morgan fingerprint density at radius 1 is 1.30 bits per heavy atom. The summed E-state index contributed by atoms with van der Waals surface area (Å²) in [6.45, 7) is 2.39. The number of carbonyl (C=O) groups is 1. The molecule has 4 N–H and O–H groups in total. The molecule has 1 aromatic carbocycles. The van der Waals surface area contributed by atoms with E-state index in [1.54, 1.807) is 18.1 Å². The highest BCUT2D eigenvalue weighted by molar-refractivity contribution is 7.11. The minimum atomic E-state index is -4.79. The van der Waals surface area contributed by atoms with Crippen LogP contribution in [0.3, 0.4) is 0 Å². The van der Waals surface area contributed by atoms with Crippen molar-refractivity contribution in [3.63, 3.8) is 0 Å². The number of aliphatic hydroxyl groups is 1. The van der Waals surface area contributed by atoms with Gasteiger partial charge in [0.05, 0.1) is 6.54 Å². The maximum Gasteiger partial charge on any atom is 0.573 e. The Morgan fingerprint density at radius 3 is 2.58 bits per heavy atom. The van der Waals surface area contributed by atoms with Crippen molar-refractivity contribution in [2.75, 3.05) is 20.2 Å². The second-order valence-corrected chi connectivity index (χ2v) is 8.25. The molecule has 0 saturated heterocycles. The van der Waals surface area contributed by atoms with E-state index in [9.17, 15) is 18.0 Å². The smallest absolute Gasteiger partial charge is 0.452 e. The van der Waals surface area contributed by atoms with Gasteiger partial charge in [-0.25, -0.2) is 4.98 Å². The first-order valence-corrected chi connectivity index (χ1v) is 10.8. The number of rotatable bonds is 10. The van der Waals surface area contributed by atoms with Gasteiger partial charge in [0.15, 0.2) is 0 Å². The zero-order valence-corrected chi connectivity index (χ0v) is 18.7. The normalized spacial score (nSPS) is 15.9. The molecule has 0 bridgehead atoms. The van der Waals surface area contributed by atoms with E-state index < -0.39 is 12.7 Å². The average Bonchev–Trinajstić information content (AvgIpc) is 3.32. The van der Waals surface area contributed by atoms with Crippen LogP contribution in [0.1, 0.15) is 16.3 Å². The number of aliphatic hydroxyl groups excluding tert-OH is 1. The van der Waals surface area contributed by atoms with Gasteiger partial charge in [-0.3, -0.25) is 4.79 Å². The first kappa shape index (κ1) is 24.5. The van der Waals surface area contributed by atoms with Gasteiger partial charge in [-0.1, -0.05) is 0 Å². The fourth-order valence-electron chi connectivity index (χ4n) is 3.05. The predicted octanol–water partition coefficient (Wildman–Crippen LogP) is 2.01. The number of halogens is 3. The lowest BCUT2D eigenvalue weighted by molar-refractivity contribution is -0.274. The lowest BCUT2D eigenvalue weighted by Gasteiger charge is -2.27. The van der Waals surface area contributed by atoms with Gasteiger partial charge in [-0.15, -0.1) is 24.5 Å². The van der Waals surface area contributed by atoms with E-state index in [0.717, 1.165) is 22.0 Å². The number of aromatic nitrogens is 1. The Bertz CT molecular complexity index is 981. The van der Waals surface area contributed by atoms with Gasteiger partial charge in [-0.05, 0) is 37.6 Å². The van der Waals surface area contributed by atoms with E-state index in [2.05, 4.69) is 25.7 Å². The molecular weight excluding hydrogens is 463 g/mol. The lowest BCUT2D eigenvalue weighted by Crippen LogP contribution is -2.44. The van der Waals surface area contributed by atoms with Crippen LogP contribution in [0, 0.1) is 6.92 Å². The summed E-state index contributed by atoms with van der Waals surface area (Å²) in [6.07, 6.45) is -3.51. The van der Waals surface area contributed by atoms with E-state index in [-0.39, 0.29) is 42.8 Å². The molecule has 0 fully saturated rings. The maximum absolute atomic E-state index is 12.9. The number of hydrogen-bond acceptors (Lipinski definition) is 9. The molecule has 2 aromatic rings. The fourth-order valence-corrected chi connectivity index (χ4v) is 3.84. The summed E-state index contributed by atoms with van der Waals surface area (Å²) in [4.78, 5) is 19.9. The lowest BCUT2D eigenvalue weighted by atomic mass is 10.3. The minimum Gasteiger partial charge on any atom is -0.452 e. The third kappa shape index (κ3) is 6.65. The predicted molar refractivity (Wildman–Crippen MR) is 114 cm³/mol. The second kappa shape index (κ2) is 10.6. The van der Waals surface area contributed by atoms with Crippen LogP contribution in [-0.4, -0.2) is 53.8 Å². The van der Waals surface area contributed by atoms with E-state index in [4.69, 9.17) is 9.84 Å². The van der Waals surface area contributed by atoms with Crippen molar-refractivity contribution < 1.29 is 32.5 Å². The second-order valence-electron chi connectivity index (χ2n) is 6.93. The molecule has 2 heterocycles. The number of thiazole rings is 1. The number of hydrogen-bond donors (Lipinski definition) is 4. The summed E-state index contributed by atoms with van der Waals surface area (Å²) in [7, 11) is 1.64. The number of alkyl halides is 3. The van der Waals surface area contributed by atoms with Crippen LogP contribution in [0.4, 0.5) is 13.2 Å². The Hall–Kier alpha value is -3.19. The molecule has 0 aliphatic carbocycles. The molecule has 180 valence electrons. The number of nitrogens with one attached hydrogen (secondary N) is 3. The number of nitrogens with zero attached hydrogens (tertiary/aromatic N) is 2. The molecule has 0 saturated carbocycles. The highest BCUT2D eigenvalue weighted by Crippen LogP contribution is 2.28. The summed E-state index contributed by atoms with van der Waals surface area (Å²) < 4.78 is 47.0. The van der Waals surface area contributed by atoms with Crippen LogP contribution < -0.4 is 25.4 Å². The van der Waals surface area contributed by atoms with E-state index >= 15 is 0 Å². The van der Waals surface area contributed by atoms with Gasteiger partial charge < -0.3 is 35.4 Å². The zero-order chi connectivity index (χ0) is 24.0. The Labute approximate surface area is 192 Å². The molecule has 9 nitrogen and oxygen atoms in total. The molecule has 3 rings (SSSR count). The Balaban J connectivity index is 1.81. The van der Waals surface area contributed by atoms with Crippen molar-refractivity contribution in [2.24, 2.45) is 0 Å². The van der Waals surface area contributed by atoms with Gasteiger partial charge >= 0.3 is 6.36 Å². The number of benzene rings is 1. The molecule has 33 heavy (non-hydrogen) atoms. The van der Waals surface area contributed by atoms with Crippen LogP contribution in [0.5, 0.6) is 11.5 Å². The molecule has 1 aromatic heterocycles. The average molecular weight is 488 g/mol. The van der Waals surface area contributed by atoms with Gasteiger partial charge in [0.1, 0.15) is 28.0 Å². The van der Waals surface area contributed by atoms with Gasteiger partial charge in [-0.2, -0.15) is 0 Å². The highest BCUT2D eigenvalue weighted by atomic mass is 32.1. The Kier molecular flexibility index (Phi) is 7.87. The number of aryl methyl sites for hydroxylation is 1. The molecule has 13 heteroatoms. The number of amides is 1. The van der Waals surface area contributed by atoms with Crippen LogP contribution in [0.2, 0.25) is 0 Å². The van der Waals surface area contributed by atoms with E-state index in [0.29, 0.717) is 12.2 Å². The summed E-state index contributed by atoms with van der Waals surface area (Å²) in [5.41, 5.74) is 0.283. The number of ether oxygens (including phenoxy) is 2. The van der Waals surface area contributed by atoms with Gasteiger partial charge in [0.2, 0.25) is 0 Å². The molecule has 1 aliphatic rings. The molecule has 1 atom stereocenters. The largest absolute Gasteiger partial charge is 0.573 e. The van der Waals surface area contributed by atoms with E-state index in [1.165, 1.54) is 23.5 Å². The SMILES string of the molecule is CNC1=C(C(=O)NCCCO)N(Cc2ncc(C)s2)C(Oc2ccc(OC(F)(F)F)cc2)N1. The van der Waals surface area contributed by atoms with E-state index in [1.807, 2.05) is 6.92 Å². The van der Waals surface area contributed by atoms with Crippen LogP contribution in [0.25, 0.3) is 0 Å². The fraction of sp³-hybridized carbons (Fsp3) is 0.400. The zero-order valence-electron chi connectivity index (χ0n) is 17.9. The highest BCUT2D eigenvalue weighted by Gasteiger charge is 2.37. The third-order valence-corrected chi connectivity index (χ3v) is 5.34. The summed E-state index contributed by atoms with van der Waals surface area (Å²) in [6, 6.07) is 4.96. The standard InChI is InChI=1S/C20H24F3N5O4S/c1-12-10-26-15(33-12)11-28-16(18(30)25-8-3-9-29)17(24-2)27-19(28)31-13-4-6-14(7-5-13)32-20(21,22)23/h4-7,10,19,24,27,29H,3,8-9,11H2,1-2H3,(H,25,30). The monoisotopic (exact) mass is 487 g/mol. The maximum atomic E-state index is 12.9. The van der Waals surface area contributed by atoms with Crippen molar-refractivity contribution in [2.45, 2.75) is 32.6 Å². The van der Waals surface area contributed by atoms with Crippen molar-refractivity contribution in [3.05, 3.63) is 51.9 Å². The molecular formula is C20H24F3N5O4S. The molecule has 1 unspecified atom stereocenters. The summed E-state index contributed by atoms with van der Waals surface area (Å²) >= 11 is 1.47. The molecule has 0 spiro atoms. The Morgan fingerprint density at radius 2 is 2.00 bits per heavy atom. The van der Waals surface area contributed by atoms with Crippen LogP contribution in [-0.2, 0) is 11.3 Å². The molecule has 1 aliphatic heterocycles. The first-order valence-electron chi connectivity index (χ1n) is 9.98. The van der Waals surface area contributed by atoms with Crippen LogP contribution >= 0.6 is 11.3 Å². The van der Waals surface area contributed by atoms with Gasteiger partial charge in [0, 0.05) is 31.3 Å². The number of carbonyl (C=O) groups excluding carboxylic acids is 1. The van der Waals surface area contributed by atoms with Crippen molar-refractivity contribution in [1.29, 1.82) is 0 Å². The minimum absolute atomic E-state index is 0.0572. The van der Waals surface area contributed by atoms with Crippen molar-refractivity contribution >= 4 is 17.2 Å². The first-order chi connectivity index (χ1) is 15.7. The van der Waals surface area contributed by atoms with Crippen LogP contribution in [0.15, 0.2) is 42.0 Å². The topological polar surface area (TPSA) is 108 Å². The summed E-state index contributed by atoms with van der Waals surface area (Å²) in [5, 5.41) is 18.5. The molecule has 0 radical (unpaired) electrons. The molecule has 1 amide bonds. The summed E-state index contributed by atoms with van der Waals surface area (Å²) in [5.74, 6) is -0.0810. The van der Waals surface area contributed by atoms with Crippen molar-refractivity contribution in [3.8, 4) is 11.5 Å². The quantitative estimate of drug-likeness (QED) is 0.377.